The Labute approximate surface area is 257 Å². The molecular formula is C31H28F3N5O5S. The highest BCUT2D eigenvalue weighted by molar-refractivity contribution is 7.90. The van der Waals surface area contributed by atoms with Gasteiger partial charge >= 0.3 is 12.4 Å². The number of rotatable bonds is 6. The molecule has 2 heterocycles. The molecule has 0 saturated carbocycles. The number of alkyl halides is 3. The summed E-state index contributed by atoms with van der Waals surface area (Å²) in [6.07, 6.45) is -6.19. The number of halogens is 3. The Morgan fingerprint density at radius 1 is 0.889 bits per heavy atom. The van der Waals surface area contributed by atoms with Gasteiger partial charge in [-0.3, -0.25) is 0 Å². The summed E-state index contributed by atoms with van der Waals surface area (Å²) >= 11 is 0. The third kappa shape index (κ3) is 6.53. The van der Waals surface area contributed by atoms with Crippen molar-refractivity contribution in [2.45, 2.75) is 29.4 Å². The van der Waals surface area contributed by atoms with Crippen LogP contribution in [0.3, 0.4) is 0 Å². The molecule has 4 aromatic carbocycles. The fourth-order valence-corrected chi connectivity index (χ4v) is 6.75. The van der Waals surface area contributed by atoms with Crippen molar-refractivity contribution in [3.05, 3.63) is 103 Å². The molecule has 0 spiro atoms. The summed E-state index contributed by atoms with van der Waals surface area (Å²) in [6, 6.07) is 25.0. The van der Waals surface area contributed by atoms with Gasteiger partial charge < -0.3 is 29.7 Å². The third-order valence-corrected chi connectivity index (χ3v) is 9.02. The topological polar surface area (TPSA) is 127 Å². The van der Waals surface area contributed by atoms with Gasteiger partial charge in [0.2, 0.25) is 0 Å². The second-order valence-corrected chi connectivity index (χ2v) is 12.3. The number of amides is 2. The molecule has 45 heavy (non-hydrogen) atoms. The van der Waals surface area contributed by atoms with Crippen LogP contribution in [0.5, 0.6) is 17.2 Å². The van der Waals surface area contributed by atoms with Crippen molar-refractivity contribution in [2.24, 2.45) is 0 Å². The van der Waals surface area contributed by atoms with E-state index in [1.54, 1.807) is 36.4 Å². The molecule has 0 radical (unpaired) electrons. The number of hydrogen-bond donors (Lipinski definition) is 4. The predicted octanol–water partition coefficient (Wildman–Crippen LogP) is 6.09. The molecule has 1 saturated heterocycles. The van der Waals surface area contributed by atoms with Gasteiger partial charge in [-0.2, -0.15) is 0 Å². The van der Waals surface area contributed by atoms with E-state index < -0.39 is 46.2 Å². The molecule has 1 fully saturated rings. The zero-order valence-corrected chi connectivity index (χ0v) is 24.3. The lowest BCUT2D eigenvalue weighted by molar-refractivity contribution is -0.274. The van der Waals surface area contributed by atoms with E-state index in [0.29, 0.717) is 28.6 Å². The van der Waals surface area contributed by atoms with E-state index in [0.717, 1.165) is 24.3 Å². The lowest BCUT2D eigenvalue weighted by Crippen LogP contribution is -2.66. The summed E-state index contributed by atoms with van der Waals surface area (Å²) in [6.45, 7) is -0.0849. The Bertz CT molecular complexity index is 1750. The van der Waals surface area contributed by atoms with E-state index in [2.05, 4.69) is 14.8 Å². The monoisotopic (exact) mass is 639 g/mol. The number of para-hydroxylation sites is 5. The van der Waals surface area contributed by atoms with Crippen LogP contribution >= 0.6 is 0 Å². The van der Waals surface area contributed by atoms with Crippen LogP contribution in [-0.2, 0) is 9.92 Å². The first-order chi connectivity index (χ1) is 21.5. The normalized spacial score (nSPS) is 20.7. The van der Waals surface area contributed by atoms with Crippen LogP contribution in [0.1, 0.15) is 0 Å². The molecule has 4 aromatic rings. The Balaban J connectivity index is 1.34. The summed E-state index contributed by atoms with van der Waals surface area (Å²) in [5.41, 5.74) is 1.81. The van der Waals surface area contributed by atoms with Crippen LogP contribution in [0.4, 0.5) is 35.0 Å². The minimum absolute atomic E-state index is 0.0450. The fourth-order valence-electron chi connectivity index (χ4n) is 5.46. The maximum absolute atomic E-state index is 13.7. The molecular weight excluding hydrogens is 611 g/mol. The number of urea groups is 1. The molecule has 2 amide bonds. The Kier molecular flexibility index (Phi) is 8.03. The van der Waals surface area contributed by atoms with Crippen molar-refractivity contribution < 1.29 is 36.8 Å². The molecule has 6 rings (SSSR count). The molecule has 234 valence electrons. The number of nitrogens with one attached hydrogen (secondary N) is 3. The average molecular weight is 640 g/mol. The van der Waals surface area contributed by atoms with E-state index in [1.165, 1.54) is 4.90 Å². The first kappa shape index (κ1) is 30.2. The molecule has 4 atom stereocenters. The fraction of sp³-hybridized carbons (Fsp3) is 0.194. The van der Waals surface area contributed by atoms with Gasteiger partial charge in [0.25, 0.3) is 0 Å². The van der Waals surface area contributed by atoms with Crippen molar-refractivity contribution in [1.29, 1.82) is 4.78 Å². The number of hydrogen-bond acceptors (Lipinski definition) is 7. The molecule has 4 N–H and O–H groups in total. The van der Waals surface area contributed by atoms with Gasteiger partial charge in [0.15, 0.2) is 11.5 Å². The molecule has 4 unspecified atom stereocenters. The molecule has 0 aromatic heterocycles. The van der Waals surface area contributed by atoms with Crippen LogP contribution in [0, 0.1) is 4.78 Å². The Hall–Kier alpha value is -4.79. The number of anilines is 3. The molecule has 0 bridgehead atoms. The zero-order chi connectivity index (χ0) is 31.8. The van der Waals surface area contributed by atoms with Crippen LogP contribution in [0.25, 0.3) is 0 Å². The van der Waals surface area contributed by atoms with Gasteiger partial charge in [-0.15, -0.1) is 13.2 Å². The lowest BCUT2D eigenvalue weighted by atomic mass is 9.94. The van der Waals surface area contributed by atoms with E-state index >= 15 is 0 Å². The molecule has 2 aliphatic rings. The van der Waals surface area contributed by atoms with Crippen molar-refractivity contribution in [1.82, 2.24) is 9.62 Å². The molecule has 0 aliphatic carbocycles. The number of benzene rings is 4. The summed E-state index contributed by atoms with van der Waals surface area (Å²) < 4.78 is 72.9. The van der Waals surface area contributed by atoms with Gasteiger partial charge in [0.05, 0.1) is 34.5 Å². The molecule has 10 nitrogen and oxygen atoms in total. The Morgan fingerprint density at radius 2 is 1.47 bits per heavy atom. The van der Waals surface area contributed by atoms with Gasteiger partial charge in [0.1, 0.15) is 15.7 Å². The SMILES string of the molecule is N=S(=O)(NC1CN(C(=O)Nc2ccccc2)CC(N2c3ccccc3Oc3ccccc32)C1O)c1ccc(OC(F)(F)F)cc1. The van der Waals surface area contributed by atoms with Crippen LogP contribution in [0.2, 0.25) is 0 Å². The van der Waals surface area contributed by atoms with E-state index in [-0.39, 0.29) is 18.0 Å². The van der Waals surface area contributed by atoms with Crippen molar-refractivity contribution in [3.8, 4) is 17.2 Å². The van der Waals surface area contributed by atoms with E-state index in [9.17, 15) is 27.3 Å². The van der Waals surface area contributed by atoms with Gasteiger partial charge in [-0.25, -0.2) is 18.5 Å². The molecule has 2 aliphatic heterocycles. The average Bonchev–Trinajstić information content (AvgIpc) is 3.01. The number of fused-ring (bicyclic) bond motifs is 2. The highest BCUT2D eigenvalue weighted by Gasteiger charge is 2.44. The zero-order valence-electron chi connectivity index (χ0n) is 23.5. The van der Waals surface area contributed by atoms with E-state index in [1.807, 2.05) is 47.4 Å². The number of piperidine rings is 1. The number of carbonyl (C=O) groups is 1. The number of nitrogens with zero attached hydrogens (tertiary/aromatic N) is 2. The number of aliphatic hydroxyl groups excluding tert-OH is 1. The van der Waals surface area contributed by atoms with Gasteiger partial charge in [-0.05, 0) is 60.7 Å². The number of carbonyl (C=O) groups excluding carboxylic acids is 1. The van der Waals surface area contributed by atoms with Gasteiger partial charge in [0, 0.05) is 18.8 Å². The largest absolute Gasteiger partial charge is 0.573 e. The predicted molar refractivity (Wildman–Crippen MR) is 161 cm³/mol. The van der Waals surface area contributed by atoms with Crippen molar-refractivity contribution >= 4 is 33.0 Å². The first-order valence-electron chi connectivity index (χ1n) is 13.8. The second kappa shape index (κ2) is 12.0. The quantitative estimate of drug-likeness (QED) is 0.202. The smallest absolute Gasteiger partial charge is 0.453 e. The third-order valence-electron chi connectivity index (χ3n) is 7.45. The molecule has 14 heteroatoms. The summed E-state index contributed by atoms with van der Waals surface area (Å²) in [7, 11) is -3.88. The number of ether oxygens (including phenoxy) is 2. The summed E-state index contributed by atoms with van der Waals surface area (Å²) in [5.74, 6) is 0.529. The van der Waals surface area contributed by atoms with E-state index in [4.69, 9.17) is 9.52 Å². The first-order valence-corrected chi connectivity index (χ1v) is 15.4. The maximum Gasteiger partial charge on any atom is 0.573 e. The highest BCUT2D eigenvalue weighted by Crippen LogP contribution is 2.48. The van der Waals surface area contributed by atoms with Crippen LogP contribution in [-0.4, -0.2) is 57.9 Å². The van der Waals surface area contributed by atoms with Crippen molar-refractivity contribution in [2.75, 3.05) is 23.3 Å². The van der Waals surface area contributed by atoms with Gasteiger partial charge in [-0.1, -0.05) is 42.5 Å². The van der Waals surface area contributed by atoms with Crippen molar-refractivity contribution in [3.63, 3.8) is 0 Å². The lowest BCUT2D eigenvalue weighted by Gasteiger charge is -2.48. The maximum atomic E-state index is 13.7. The Morgan fingerprint density at radius 3 is 2.07 bits per heavy atom. The van der Waals surface area contributed by atoms with Crippen LogP contribution in [0.15, 0.2) is 108 Å². The van der Waals surface area contributed by atoms with Crippen LogP contribution < -0.4 is 24.4 Å². The summed E-state index contributed by atoms with van der Waals surface area (Å²) in [4.78, 5) is 16.8. The minimum Gasteiger partial charge on any atom is -0.453 e. The number of likely N-dealkylation sites (tertiary alicyclic amines) is 1. The summed E-state index contributed by atoms with van der Waals surface area (Å²) in [5, 5.41) is 14.7. The highest BCUT2D eigenvalue weighted by atomic mass is 32.2. The number of aliphatic hydroxyl groups is 1. The minimum atomic E-state index is -4.91. The second-order valence-electron chi connectivity index (χ2n) is 10.5. The standard InChI is InChI=1S/C31H28F3N5O5S/c32-31(33,34)44-21-14-16-22(17-15-21)45(35,42)37-23-18-38(30(41)36-20-8-2-1-3-9-20)19-26(29(23)40)39-24-10-4-6-12-27(24)43-28-13-7-5-11-25(28)39/h1-17,23,26,29,40H,18-19H2,(H,36,41)(H2,35,37,42).